The Morgan fingerprint density at radius 2 is 1.73 bits per heavy atom. The van der Waals surface area contributed by atoms with Gasteiger partial charge in [-0.2, -0.15) is 5.10 Å². The van der Waals surface area contributed by atoms with Gasteiger partial charge in [-0.3, -0.25) is 4.68 Å². The summed E-state index contributed by atoms with van der Waals surface area (Å²) < 4.78 is 2.04. The summed E-state index contributed by atoms with van der Waals surface area (Å²) in [5.41, 5.74) is 1.69. The Morgan fingerprint density at radius 1 is 1.13 bits per heavy atom. The third-order valence-electron chi connectivity index (χ3n) is 3.46. The van der Waals surface area contributed by atoms with Crippen molar-refractivity contribution in [3.63, 3.8) is 0 Å². The molecule has 0 aliphatic heterocycles. The van der Waals surface area contributed by atoms with Gasteiger partial charge in [0.15, 0.2) is 5.75 Å². The molecule has 1 aliphatic rings. The maximum atomic E-state index is 9.74. The number of aromatic nitrogens is 2. The standard InChI is InChI=1S/C12H20N2O/c1-9-12(15)10(2)14(13-9)11-7-5-3-4-6-8-11/h11,15H,3-8H2,1-2H3. The Bertz CT molecular complexity index is 336. The molecule has 0 radical (unpaired) electrons. The molecule has 1 saturated carbocycles. The van der Waals surface area contributed by atoms with Crippen LogP contribution in [0.25, 0.3) is 0 Å². The zero-order valence-electron chi connectivity index (χ0n) is 9.66. The minimum absolute atomic E-state index is 0.374. The summed E-state index contributed by atoms with van der Waals surface area (Å²) in [5.74, 6) is 0.374. The van der Waals surface area contributed by atoms with Crippen molar-refractivity contribution >= 4 is 0 Å². The van der Waals surface area contributed by atoms with Crippen LogP contribution >= 0.6 is 0 Å². The molecule has 3 heteroatoms. The van der Waals surface area contributed by atoms with Crippen molar-refractivity contribution in [3.05, 3.63) is 11.4 Å². The van der Waals surface area contributed by atoms with E-state index in [0.717, 1.165) is 11.4 Å². The van der Waals surface area contributed by atoms with Gasteiger partial charge >= 0.3 is 0 Å². The molecule has 1 aromatic rings. The Hall–Kier alpha value is -0.990. The fourth-order valence-corrected chi connectivity index (χ4v) is 2.51. The molecule has 0 spiro atoms. The zero-order valence-corrected chi connectivity index (χ0v) is 9.66. The van der Waals surface area contributed by atoms with Crippen LogP contribution in [0.5, 0.6) is 5.75 Å². The third kappa shape index (κ3) is 2.01. The van der Waals surface area contributed by atoms with E-state index in [4.69, 9.17) is 0 Å². The summed E-state index contributed by atoms with van der Waals surface area (Å²) in [5, 5.41) is 14.2. The molecule has 0 atom stereocenters. The highest BCUT2D eigenvalue weighted by molar-refractivity contribution is 5.30. The molecule has 1 fully saturated rings. The summed E-state index contributed by atoms with van der Waals surface area (Å²) in [6.45, 7) is 3.83. The summed E-state index contributed by atoms with van der Waals surface area (Å²) in [6.07, 6.45) is 7.71. The van der Waals surface area contributed by atoms with Crippen molar-refractivity contribution in [2.45, 2.75) is 58.4 Å². The third-order valence-corrected chi connectivity index (χ3v) is 3.46. The second kappa shape index (κ2) is 4.25. The summed E-state index contributed by atoms with van der Waals surface area (Å²) in [4.78, 5) is 0. The molecule has 1 aliphatic carbocycles. The van der Waals surface area contributed by atoms with E-state index in [2.05, 4.69) is 5.10 Å². The SMILES string of the molecule is Cc1nn(C2CCCCCC2)c(C)c1O. The number of rotatable bonds is 1. The maximum absolute atomic E-state index is 9.74. The molecule has 1 N–H and O–H groups in total. The van der Waals surface area contributed by atoms with E-state index in [1.165, 1.54) is 38.5 Å². The smallest absolute Gasteiger partial charge is 0.159 e. The number of aromatic hydroxyl groups is 1. The van der Waals surface area contributed by atoms with Gasteiger partial charge in [-0.25, -0.2) is 0 Å². The molecule has 0 unspecified atom stereocenters. The van der Waals surface area contributed by atoms with Crippen molar-refractivity contribution in [3.8, 4) is 5.75 Å². The molecule has 0 saturated heterocycles. The van der Waals surface area contributed by atoms with Crippen LogP contribution in [-0.4, -0.2) is 14.9 Å². The van der Waals surface area contributed by atoms with Crippen LogP contribution in [0.2, 0.25) is 0 Å². The average molecular weight is 208 g/mol. The molecule has 0 aromatic carbocycles. The highest BCUT2D eigenvalue weighted by atomic mass is 16.3. The van der Waals surface area contributed by atoms with E-state index < -0.39 is 0 Å². The second-order valence-electron chi connectivity index (χ2n) is 4.61. The van der Waals surface area contributed by atoms with Gasteiger partial charge in [-0.1, -0.05) is 25.7 Å². The molecular weight excluding hydrogens is 188 g/mol. The summed E-state index contributed by atoms with van der Waals surface area (Å²) in [7, 11) is 0. The number of hydrogen-bond donors (Lipinski definition) is 1. The van der Waals surface area contributed by atoms with E-state index in [0.29, 0.717) is 11.8 Å². The first-order valence-electron chi connectivity index (χ1n) is 5.95. The molecular formula is C12H20N2O. The van der Waals surface area contributed by atoms with Gasteiger partial charge < -0.3 is 5.11 Å². The number of aryl methyl sites for hydroxylation is 1. The van der Waals surface area contributed by atoms with Crippen LogP contribution in [0, 0.1) is 13.8 Å². The first-order valence-corrected chi connectivity index (χ1v) is 5.95. The van der Waals surface area contributed by atoms with E-state index in [1.807, 2.05) is 18.5 Å². The quantitative estimate of drug-likeness (QED) is 0.720. The molecule has 2 rings (SSSR count). The van der Waals surface area contributed by atoms with Gasteiger partial charge in [0.2, 0.25) is 0 Å². The molecule has 84 valence electrons. The maximum Gasteiger partial charge on any atom is 0.159 e. The van der Waals surface area contributed by atoms with Crippen LogP contribution in [0.3, 0.4) is 0 Å². The molecule has 1 aromatic heterocycles. The van der Waals surface area contributed by atoms with Crippen LogP contribution < -0.4 is 0 Å². The van der Waals surface area contributed by atoms with Gasteiger partial charge in [0.1, 0.15) is 5.69 Å². The van der Waals surface area contributed by atoms with Crippen molar-refractivity contribution in [1.29, 1.82) is 0 Å². The molecule has 0 amide bonds. The fourth-order valence-electron chi connectivity index (χ4n) is 2.51. The second-order valence-corrected chi connectivity index (χ2v) is 4.61. The van der Waals surface area contributed by atoms with Gasteiger partial charge in [0, 0.05) is 0 Å². The first kappa shape index (κ1) is 10.5. The molecule has 15 heavy (non-hydrogen) atoms. The van der Waals surface area contributed by atoms with Gasteiger partial charge in [-0.15, -0.1) is 0 Å². The lowest BCUT2D eigenvalue weighted by Gasteiger charge is -2.16. The predicted octanol–water partition coefficient (Wildman–Crippen LogP) is 3.10. The van der Waals surface area contributed by atoms with E-state index >= 15 is 0 Å². The Balaban J connectivity index is 2.23. The molecule has 1 heterocycles. The normalized spacial score (nSPS) is 19.1. The van der Waals surface area contributed by atoms with Crippen LogP contribution in [-0.2, 0) is 0 Å². The zero-order chi connectivity index (χ0) is 10.8. The topological polar surface area (TPSA) is 38.0 Å². The lowest BCUT2D eigenvalue weighted by Crippen LogP contribution is -2.11. The highest BCUT2D eigenvalue weighted by Crippen LogP contribution is 2.31. The Kier molecular flexibility index (Phi) is 2.98. The van der Waals surface area contributed by atoms with Crippen molar-refractivity contribution in [2.75, 3.05) is 0 Å². The molecule has 3 nitrogen and oxygen atoms in total. The van der Waals surface area contributed by atoms with Gasteiger partial charge in [-0.05, 0) is 26.7 Å². The Labute approximate surface area is 91.1 Å². The monoisotopic (exact) mass is 208 g/mol. The van der Waals surface area contributed by atoms with E-state index in [9.17, 15) is 5.11 Å². The predicted molar refractivity (Wildman–Crippen MR) is 60.1 cm³/mol. The van der Waals surface area contributed by atoms with Crippen molar-refractivity contribution in [2.24, 2.45) is 0 Å². The van der Waals surface area contributed by atoms with Crippen LogP contribution in [0.1, 0.15) is 56.0 Å². The van der Waals surface area contributed by atoms with Crippen LogP contribution in [0.15, 0.2) is 0 Å². The largest absolute Gasteiger partial charge is 0.504 e. The number of nitrogens with zero attached hydrogens (tertiary/aromatic N) is 2. The van der Waals surface area contributed by atoms with Crippen molar-refractivity contribution in [1.82, 2.24) is 9.78 Å². The fraction of sp³-hybridized carbons (Fsp3) is 0.750. The minimum atomic E-state index is 0.374. The van der Waals surface area contributed by atoms with E-state index in [1.54, 1.807) is 0 Å². The summed E-state index contributed by atoms with van der Waals surface area (Å²) >= 11 is 0. The van der Waals surface area contributed by atoms with Gasteiger partial charge in [0.05, 0.1) is 11.7 Å². The molecule has 0 bridgehead atoms. The first-order chi connectivity index (χ1) is 7.20. The Morgan fingerprint density at radius 3 is 2.20 bits per heavy atom. The van der Waals surface area contributed by atoms with Gasteiger partial charge in [0.25, 0.3) is 0 Å². The van der Waals surface area contributed by atoms with Crippen molar-refractivity contribution < 1.29 is 5.11 Å². The highest BCUT2D eigenvalue weighted by Gasteiger charge is 2.19. The lowest BCUT2D eigenvalue weighted by atomic mass is 10.1. The lowest BCUT2D eigenvalue weighted by molar-refractivity contribution is 0.392. The van der Waals surface area contributed by atoms with Crippen LogP contribution in [0.4, 0.5) is 0 Å². The average Bonchev–Trinajstić information content (AvgIpc) is 2.51. The van der Waals surface area contributed by atoms with E-state index in [-0.39, 0.29) is 0 Å². The minimum Gasteiger partial charge on any atom is -0.504 e. The number of hydrogen-bond acceptors (Lipinski definition) is 2. The summed E-state index contributed by atoms with van der Waals surface area (Å²) in [6, 6.07) is 0.507.